The molecule has 3 aromatic carbocycles. The number of allylic oxidation sites excluding steroid dienone is 1. The molecule has 2 fully saturated rings. The summed E-state index contributed by atoms with van der Waals surface area (Å²) in [5, 5.41) is 12.9. The Kier molecular flexibility index (Phi) is 19.0. The minimum absolute atomic E-state index is 0.0240. The summed E-state index contributed by atoms with van der Waals surface area (Å²) in [5.41, 5.74) is 5.47. The number of nitrogens with zero attached hydrogens (tertiary/aromatic N) is 3. The zero-order valence-corrected chi connectivity index (χ0v) is 41.8. The molecule has 2 amide bonds. The number of H-pyrrole nitrogens is 1. The van der Waals surface area contributed by atoms with Crippen LogP contribution in [-0.4, -0.2) is 98.2 Å². The first-order chi connectivity index (χ1) is 32.7. The number of ether oxygens (including phenoxy) is 2. The second-order valence-corrected chi connectivity index (χ2v) is 18.3. The van der Waals surface area contributed by atoms with Crippen molar-refractivity contribution < 1.29 is 32.6 Å². The van der Waals surface area contributed by atoms with Crippen LogP contribution in [0.25, 0.3) is 39.0 Å². The fraction of sp³-hybridized carbons (Fsp3) is 0.509. The van der Waals surface area contributed by atoms with Gasteiger partial charge in [0.2, 0.25) is 11.8 Å². The molecule has 2 aliphatic heterocycles. The number of methoxy groups -OCH3 is 2. The van der Waals surface area contributed by atoms with Crippen molar-refractivity contribution in [1.29, 1.82) is 0 Å². The van der Waals surface area contributed by atoms with Crippen molar-refractivity contribution in [1.82, 2.24) is 41.0 Å². The lowest BCUT2D eigenvalue weighted by Gasteiger charge is -2.29. The predicted molar refractivity (Wildman–Crippen MR) is 267 cm³/mol. The Morgan fingerprint density at radius 2 is 1.54 bits per heavy atom. The minimum Gasteiger partial charge on any atom is -0.483 e. The van der Waals surface area contributed by atoms with E-state index in [1.54, 1.807) is 44.6 Å². The first-order valence-corrected chi connectivity index (χ1v) is 24.3. The van der Waals surface area contributed by atoms with E-state index in [1.807, 2.05) is 53.1 Å². The van der Waals surface area contributed by atoms with Gasteiger partial charge in [-0.15, -0.1) is 0 Å². The normalized spacial score (nSPS) is 18.9. The number of aromatic amines is 1. The van der Waals surface area contributed by atoms with Crippen molar-refractivity contribution >= 4 is 35.0 Å². The Morgan fingerprint density at radius 1 is 0.926 bits per heavy atom. The molecule has 1 aromatic heterocycles. The van der Waals surface area contributed by atoms with E-state index >= 15 is 8.78 Å². The lowest BCUT2D eigenvalue weighted by Crippen LogP contribution is -2.49. The van der Waals surface area contributed by atoms with E-state index in [-0.39, 0.29) is 53.7 Å². The predicted octanol–water partition coefficient (Wildman–Crippen LogP) is 9.42. The zero-order valence-electron chi connectivity index (χ0n) is 41.8. The standard InChI is InChI=1S/C45H54F2N8O3.2C3H8.C2H4O2/c1-6-8-39(58-5)50-24-40(56)54(26-44(3)16-17-44)25-38-49-22-37(51-38)30-10-13-32-31-12-9-28(19-33(31)45(46,47)34(32)20-30)29-11-14-35-36(21-29)53-43(52-35)42-27(7-2)15-18-55(42)41(57)23-48-4;2*1-3-2;1-4-2-3/h8-14,19-22,27,38,42,48-51H,6-7,15-18,23-26H2,1-5H3,(H,52,53);2*3H2,1-2H3;2H,1H3/b39-8-;;;. The Bertz CT molecular complexity index is 2390. The number of imidazole rings is 1. The first kappa shape index (κ1) is 53.0. The van der Waals surface area contributed by atoms with Gasteiger partial charge >= 0.3 is 0 Å². The maximum Gasteiger partial charge on any atom is 0.299 e. The minimum atomic E-state index is -3.21. The summed E-state index contributed by atoms with van der Waals surface area (Å²) in [6.07, 6.45) is 10.7. The number of carbonyl (C=O) groups is 3. The van der Waals surface area contributed by atoms with Gasteiger partial charge in [0.15, 0.2) is 5.88 Å². The van der Waals surface area contributed by atoms with Gasteiger partial charge in [0.25, 0.3) is 12.4 Å². The fourth-order valence-corrected chi connectivity index (χ4v) is 8.82. The van der Waals surface area contributed by atoms with Crippen molar-refractivity contribution in [3.05, 3.63) is 95.3 Å². The number of benzene rings is 3. The average molecular weight is 941 g/mol. The van der Waals surface area contributed by atoms with Gasteiger partial charge in [0.05, 0.1) is 56.6 Å². The van der Waals surface area contributed by atoms with E-state index in [0.717, 1.165) is 54.5 Å². The van der Waals surface area contributed by atoms with Crippen LogP contribution in [0.15, 0.2) is 72.8 Å². The van der Waals surface area contributed by atoms with Crippen LogP contribution in [0.3, 0.4) is 0 Å². The molecule has 3 unspecified atom stereocenters. The fourth-order valence-electron chi connectivity index (χ4n) is 8.82. The molecule has 13 nitrogen and oxygen atoms in total. The third kappa shape index (κ3) is 12.6. The molecule has 5 N–H and O–H groups in total. The number of halogens is 2. The van der Waals surface area contributed by atoms with Crippen LogP contribution in [-0.2, 0) is 29.8 Å². The highest BCUT2D eigenvalue weighted by atomic mass is 19.3. The lowest BCUT2D eigenvalue weighted by molar-refractivity contribution is -0.132. The average Bonchev–Trinajstić information content (AvgIpc) is 3.74. The molecule has 4 aromatic rings. The SMILES string of the molecule is CC/C=C(/NCC(=O)N(CC1NC=C(c2ccc3c(c2)C(F)(F)c2cc(-c4ccc5nc(C6C(CC)CCN6C(=O)CNC)[nH]c5c4)ccc2-3)N1)CC1(C)CC1)OC.CCC.CCC.COC=O. The molecule has 8 rings (SSSR count). The van der Waals surface area contributed by atoms with E-state index in [1.165, 1.54) is 20.0 Å². The Morgan fingerprint density at radius 3 is 2.13 bits per heavy atom. The number of amides is 2. The molecule has 0 spiro atoms. The summed E-state index contributed by atoms with van der Waals surface area (Å²) >= 11 is 0. The van der Waals surface area contributed by atoms with Crippen LogP contribution in [0.1, 0.15) is 122 Å². The van der Waals surface area contributed by atoms with E-state index in [9.17, 15) is 9.59 Å². The number of rotatable bonds is 16. The van der Waals surface area contributed by atoms with Gasteiger partial charge < -0.3 is 45.5 Å². The van der Waals surface area contributed by atoms with Crippen LogP contribution in [0.5, 0.6) is 0 Å². The molecule has 0 radical (unpaired) electrons. The van der Waals surface area contributed by atoms with Crippen molar-refractivity contribution in [3.8, 4) is 22.3 Å². The number of fused-ring (bicyclic) bond motifs is 4. The molecule has 15 heteroatoms. The molecule has 2 aliphatic carbocycles. The molecule has 68 heavy (non-hydrogen) atoms. The molecular formula is C53H74F2N8O5. The van der Waals surface area contributed by atoms with Gasteiger partial charge in [-0.25, -0.2) is 4.98 Å². The number of alkyl halides is 2. The molecule has 1 saturated heterocycles. The first-order valence-electron chi connectivity index (χ1n) is 24.3. The monoisotopic (exact) mass is 941 g/mol. The third-order valence-corrected chi connectivity index (χ3v) is 12.4. The van der Waals surface area contributed by atoms with Gasteiger partial charge in [-0.3, -0.25) is 14.4 Å². The Labute approximate surface area is 401 Å². The Balaban J connectivity index is 0.000000793. The quantitative estimate of drug-likeness (QED) is 0.0543. The van der Waals surface area contributed by atoms with E-state index in [4.69, 9.17) is 14.5 Å². The number of hydrogen-bond donors (Lipinski definition) is 5. The lowest BCUT2D eigenvalue weighted by atomic mass is 9.97. The van der Waals surface area contributed by atoms with Crippen LogP contribution in [0.4, 0.5) is 8.78 Å². The zero-order chi connectivity index (χ0) is 49.6. The molecule has 4 aliphatic rings. The van der Waals surface area contributed by atoms with E-state index in [0.29, 0.717) is 65.9 Å². The summed E-state index contributed by atoms with van der Waals surface area (Å²) in [4.78, 5) is 47.5. The smallest absolute Gasteiger partial charge is 0.299 e. The largest absolute Gasteiger partial charge is 0.483 e. The van der Waals surface area contributed by atoms with Crippen LogP contribution < -0.4 is 21.3 Å². The second-order valence-electron chi connectivity index (χ2n) is 18.3. The van der Waals surface area contributed by atoms with Crippen molar-refractivity contribution in [2.75, 3.05) is 54.0 Å². The molecule has 0 bridgehead atoms. The second kappa shape index (κ2) is 24.4. The van der Waals surface area contributed by atoms with Gasteiger partial charge in [-0.05, 0) is 102 Å². The van der Waals surface area contributed by atoms with Crippen molar-refractivity contribution in [3.63, 3.8) is 0 Å². The number of aromatic nitrogens is 2. The van der Waals surface area contributed by atoms with Crippen LogP contribution in [0, 0.1) is 11.3 Å². The highest BCUT2D eigenvalue weighted by Gasteiger charge is 2.45. The molecule has 1 saturated carbocycles. The number of carbonyl (C=O) groups excluding carboxylic acids is 3. The number of hydrogen-bond acceptors (Lipinski definition) is 10. The number of likely N-dealkylation sites (N-methyl/N-ethyl adjacent to an activating group) is 1. The maximum absolute atomic E-state index is 16.5. The molecular weight excluding hydrogens is 867 g/mol. The third-order valence-electron chi connectivity index (χ3n) is 12.4. The van der Waals surface area contributed by atoms with Crippen LogP contribution in [0.2, 0.25) is 0 Å². The van der Waals surface area contributed by atoms with Crippen molar-refractivity contribution in [2.24, 2.45) is 11.3 Å². The highest BCUT2D eigenvalue weighted by Crippen LogP contribution is 2.52. The van der Waals surface area contributed by atoms with Gasteiger partial charge in [-0.1, -0.05) is 98.1 Å². The van der Waals surface area contributed by atoms with Gasteiger partial charge in [0.1, 0.15) is 12.0 Å². The van der Waals surface area contributed by atoms with Gasteiger partial charge in [0, 0.05) is 30.4 Å². The highest BCUT2D eigenvalue weighted by molar-refractivity contribution is 5.87. The summed E-state index contributed by atoms with van der Waals surface area (Å²) < 4.78 is 42.2. The Hall–Kier alpha value is -5.96. The molecule has 3 atom stereocenters. The molecule has 3 heterocycles. The summed E-state index contributed by atoms with van der Waals surface area (Å²) in [5.74, 6) is -1.57. The number of nitrogens with one attached hydrogen (secondary N) is 5. The van der Waals surface area contributed by atoms with Crippen LogP contribution >= 0.6 is 0 Å². The van der Waals surface area contributed by atoms with Gasteiger partial charge in [-0.2, -0.15) is 8.78 Å². The summed E-state index contributed by atoms with van der Waals surface area (Å²) in [6, 6.07) is 16.2. The number of likely N-dealkylation sites (tertiary alicyclic amines) is 1. The summed E-state index contributed by atoms with van der Waals surface area (Å²) in [7, 11) is 4.66. The summed E-state index contributed by atoms with van der Waals surface area (Å²) in [6.45, 7) is 17.3. The maximum atomic E-state index is 16.5. The van der Waals surface area contributed by atoms with E-state index < -0.39 is 5.92 Å². The van der Waals surface area contributed by atoms with E-state index in [2.05, 4.69) is 72.5 Å². The topological polar surface area (TPSA) is 153 Å². The van der Waals surface area contributed by atoms with Crippen molar-refractivity contribution in [2.45, 2.75) is 112 Å². The molecule has 370 valence electrons.